The van der Waals surface area contributed by atoms with E-state index in [9.17, 15) is 19.2 Å². The summed E-state index contributed by atoms with van der Waals surface area (Å²) >= 11 is 1.28. The van der Waals surface area contributed by atoms with Crippen molar-refractivity contribution < 1.29 is 23.9 Å². The summed E-state index contributed by atoms with van der Waals surface area (Å²) in [7, 11) is 1.38. The van der Waals surface area contributed by atoms with E-state index in [1.807, 2.05) is 5.32 Å². The van der Waals surface area contributed by atoms with Gasteiger partial charge >= 0.3 is 12.0 Å². The van der Waals surface area contributed by atoms with Gasteiger partial charge in [0.1, 0.15) is 0 Å². The summed E-state index contributed by atoms with van der Waals surface area (Å²) in [6, 6.07) is 6.16. The van der Waals surface area contributed by atoms with Crippen LogP contribution in [0.1, 0.15) is 48.9 Å². The molecule has 3 N–H and O–H groups in total. The zero-order valence-electron chi connectivity index (χ0n) is 18.1. The third-order valence-electron chi connectivity index (χ3n) is 6.72. The van der Waals surface area contributed by atoms with Crippen molar-refractivity contribution in [3.05, 3.63) is 29.8 Å². The first-order valence-electron chi connectivity index (χ1n) is 11.1. The number of carbonyl (C=O) groups excluding carboxylic acids is 4. The van der Waals surface area contributed by atoms with Crippen molar-refractivity contribution in [3.8, 4) is 0 Å². The maximum Gasteiger partial charge on any atom is 0.339 e. The highest BCUT2D eigenvalue weighted by molar-refractivity contribution is 8.00. The maximum atomic E-state index is 12.8. The summed E-state index contributed by atoms with van der Waals surface area (Å²) in [6.07, 6.45) is 7.24. The van der Waals surface area contributed by atoms with Crippen LogP contribution in [0.4, 0.5) is 4.79 Å². The summed E-state index contributed by atoms with van der Waals surface area (Å²) in [5.74, 6) is 1.06. The third-order valence-corrected chi connectivity index (χ3v) is 7.80. The summed E-state index contributed by atoms with van der Waals surface area (Å²) in [6.45, 7) is -0.572. The number of imide groups is 1. The molecule has 5 rings (SSSR count). The molecule has 8 nitrogen and oxygen atoms in total. The summed E-state index contributed by atoms with van der Waals surface area (Å²) in [5.41, 5.74) is 0.246. The number of hydrogen-bond donors (Lipinski definition) is 3. The average Bonchev–Trinajstić information content (AvgIpc) is 2.75. The molecule has 1 aromatic carbocycles. The highest BCUT2D eigenvalue weighted by Gasteiger charge is 2.51. The number of carbonyl (C=O) groups is 4. The molecule has 0 saturated heterocycles. The van der Waals surface area contributed by atoms with Crippen LogP contribution >= 0.6 is 11.8 Å². The Bertz CT molecular complexity index is 883. The SMILES string of the molecule is CNC(=O)NC(=O)COC(=O)c1ccccc1SCC(=O)NC12CC3CC(CC(C3)C1)C2. The quantitative estimate of drug-likeness (QED) is 0.426. The lowest BCUT2D eigenvalue weighted by molar-refractivity contribution is -0.124. The number of thioether (sulfide) groups is 1. The largest absolute Gasteiger partial charge is 0.452 e. The standard InChI is InChI=1S/C23H29N3O5S/c1-24-22(30)25-19(27)12-31-21(29)17-4-2-3-5-18(17)32-13-20(28)26-23-9-14-6-15(10-23)8-16(7-14)11-23/h2-5,14-16H,6-13H2,1H3,(H,26,28)(H2,24,25,27,30). The summed E-state index contributed by atoms with van der Waals surface area (Å²) in [5, 5.41) is 7.61. The van der Waals surface area contributed by atoms with E-state index in [4.69, 9.17) is 4.74 Å². The Morgan fingerprint density at radius 1 is 1.00 bits per heavy atom. The molecular weight excluding hydrogens is 430 g/mol. The van der Waals surface area contributed by atoms with Crippen LogP contribution < -0.4 is 16.0 Å². The van der Waals surface area contributed by atoms with Gasteiger partial charge in [-0.25, -0.2) is 9.59 Å². The first kappa shape index (κ1) is 22.6. The summed E-state index contributed by atoms with van der Waals surface area (Å²) < 4.78 is 5.03. The van der Waals surface area contributed by atoms with Crippen molar-refractivity contribution in [2.75, 3.05) is 19.4 Å². The van der Waals surface area contributed by atoms with E-state index in [1.165, 1.54) is 38.1 Å². The van der Waals surface area contributed by atoms with Crippen molar-refractivity contribution in [1.82, 2.24) is 16.0 Å². The second-order valence-electron chi connectivity index (χ2n) is 9.23. The minimum absolute atomic E-state index is 0.00919. The zero-order valence-corrected chi connectivity index (χ0v) is 19.0. The molecule has 4 saturated carbocycles. The lowest BCUT2D eigenvalue weighted by atomic mass is 9.53. The molecule has 4 aliphatic rings. The van der Waals surface area contributed by atoms with E-state index < -0.39 is 24.5 Å². The molecule has 32 heavy (non-hydrogen) atoms. The normalized spacial score (nSPS) is 27.5. The molecule has 4 amide bonds. The van der Waals surface area contributed by atoms with E-state index in [0.717, 1.165) is 37.0 Å². The zero-order chi connectivity index (χ0) is 22.7. The van der Waals surface area contributed by atoms with E-state index in [0.29, 0.717) is 4.90 Å². The molecular formula is C23H29N3O5S. The van der Waals surface area contributed by atoms with Gasteiger partial charge in [0.25, 0.3) is 5.91 Å². The molecule has 0 aliphatic heterocycles. The van der Waals surface area contributed by atoms with Crippen LogP contribution in [0.25, 0.3) is 0 Å². The Kier molecular flexibility index (Phi) is 6.74. The van der Waals surface area contributed by atoms with Crippen molar-refractivity contribution in [1.29, 1.82) is 0 Å². The second-order valence-corrected chi connectivity index (χ2v) is 10.3. The van der Waals surface area contributed by atoms with Gasteiger partial charge in [0.2, 0.25) is 5.91 Å². The van der Waals surface area contributed by atoms with Crippen LogP contribution in [0.2, 0.25) is 0 Å². The monoisotopic (exact) mass is 459 g/mol. The number of nitrogens with one attached hydrogen (secondary N) is 3. The Balaban J connectivity index is 1.30. The maximum absolute atomic E-state index is 12.8. The molecule has 1 aromatic rings. The van der Waals surface area contributed by atoms with Gasteiger partial charge in [-0.15, -0.1) is 11.8 Å². The Morgan fingerprint density at radius 2 is 1.62 bits per heavy atom. The number of amides is 4. The number of hydrogen-bond acceptors (Lipinski definition) is 6. The number of benzene rings is 1. The number of ether oxygens (including phenoxy) is 1. The lowest BCUT2D eigenvalue weighted by Gasteiger charge is -2.56. The van der Waals surface area contributed by atoms with Gasteiger partial charge in [0, 0.05) is 17.5 Å². The molecule has 9 heteroatoms. The van der Waals surface area contributed by atoms with Crippen molar-refractivity contribution in [3.63, 3.8) is 0 Å². The minimum atomic E-state index is -0.724. The van der Waals surface area contributed by atoms with E-state index in [2.05, 4.69) is 10.6 Å². The molecule has 0 radical (unpaired) electrons. The fraction of sp³-hybridized carbons (Fsp3) is 0.565. The van der Waals surface area contributed by atoms with Crippen LogP contribution in [0.3, 0.4) is 0 Å². The van der Waals surface area contributed by atoms with Crippen molar-refractivity contribution in [2.45, 2.75) is 49.0 Å². The van der Waals surface area contributed by atoms with Crippen molar-refractivity contribution in [2.24, 2.45) is 17.8 Å². The van der Waals surface area contributed by atoms with Crippen molar-refractivity contribution >= 4 is 35.6 Å². The van der Waals surface area contributed by atoms with E-state index in [-0.39, 0.29) is 22.8 Å². The fourth-order valence-electron chi connectivity index (χ4n) is 5.93. The fourth-order valence-corrected chi connectivity index (χ4v) is 6.77. The predicted molar refractivity (Wildman–Crippen MR) is 119 cm³/mol. The molecule has 0 heterocycles. The number of esters is 1. The topological polar surface area (TPSA) is 114 Å². The molecule has 0 aromatic heterocycles. The Hall–Kier alpha value is -2.55. The van der Waals surface area contributed by atoms with Gasteiger partial charge in [0.05, 0.1) is 11.3 Å². The summed E-state index contributed by atoms with van der Waals surface area (Å²) in [4.78, 5) is 48.6. The molecule has 0 atom stereocenters. The van der Waals surface area contributed by atoms with Gasteiger partial charge in [-0.05, 0) is 68.4 Å². The van der Waals surface area contributed by atoms with Crippen LogP contribution in [0, 0.1) is 17.8 Å². The second kappa shape index (κ2) is 9.52. The van der Waals surface area contributed by atoms with Crippen LogP contribution in [0.5, 0.6) is 0 Å². The highest BCUT2D eigenvalue weighted by Crippen LogP contribution is 2.55. The smallest absolute Gasteiger partial charge is 0.339 e. The predicted octanol–water partition coefficient (Wildman–Crippen LogP) is 2.48. The van der Waals surface area contributed by atoms with Gasteiger partial charge < -0.3 is 15.4 Å². The van der Waals surface area contributed by atoms with E-state index in [1.54, 1.807) is 24.3 Å². The Morgan fingerprint density at radius 3 is 2.25 bits per heavy atom. The van der Waals surface area contributed by atoms with E-state index >= 15 is 0 Å². The molecule has 0 spiro atoms. The third kappa shape index (κ3) is 5.26. The molecule has 4 fully saturated rings. The molecule has 172 valence electrons. The van der Waals surface area contributed by atoms with Gasteiger partial charge in [-0.1, -0.05) is 12.1 Å². The molecule has 4 aliphatic carbocycles. The number of urea groups is 1. The van der Waals surface area contributed by atoms with Crippen LogP contribution in [0.15, 0.2) is 29.2 Å². The first-order chi connectivity index (χ1) is 15.4. The molecule has 4 bridgehead atoms. The van der Waals surface area contributed by atoms with Gasteiger partial charge in [-0.3, -0.25) is 14.9 Å². The number of rotatable bonds is 7. The van der Waals surface area contributed by atoms with Gasteiger partial charge in [-0.2, -0.15) is 0 Å². The van der Waals surface area contributed by atoms with Gasteiger partial charge in [0.15, 0.2) is 6.61 Å². The lowest BCUT2D eigenvalue weighted by Crippen LogP contribution is -2.60. The van der Waals surface area contributed by atoms with Crippen LogP contribution in [-0.4, -0.2) is 48.8 Å². The molecule has 0 unspecified atom stereocenters. The Labute approximate surface area is 191 Å². The van der Waals surface area contributed by atoms with Crippen LogP contribution in [-0.2, 0) is 14.3 Å². The average molecular weight is 460 g/mol. The highest BCUT2D eigenvalue weighted by atomic mass is 32.2. The first-order valence-corrected chi connectivity index (χ1v) is 12.1. The minimum Gasteiger partial charge on any atom is -0.452 e.